The molecule has 1 aliphatic heterocycles. The van der Waals surface area contributed by atoms with Crippen molar-refractivity contribution in [3.8, 4) is 0 Å². The zero-order valence-corrected chi connectivity index (χ0v) is 15.3. The Morgan fingerprint density at radius 3 is 2.57 bits per heavy atom. The van der Waals surface area contributed by atoms with E-state index in [-0.39, 0.29) is 15.9 Å². The summed E-state index contributed by atoms with van der Waals surface area (Å²) in [5, 5.41) is 0. The molecule has 1 atom stereocenters. The quantitative estimate of drug-likeness (QED) is 0.795. The lowest BCUT2D eigenvalue weighted by Gasteiger charge is -2.32. The molecule has 0 bridgehead atoms. The van der Waals surface area contributed by atoms with E-state index in [9.17, 15) is 16.8 Å². The van der Waals surface area contributed by atoms with E-state index in [0.29, 0.717) is 25.3 Å². The predicted octanol–water partition coefficient (Wildman–Crippen LogP) is 1.59. The van der Waals surface area contributed by atoms with Crippen molar-refractivity contribution in [1.29, 1.82) is 0 Å². The van der Waals surface area contributed by atoms with Gasteiger partial charge in [-0.05, 0) is 44.4 Å². The summed E-state index contributed by atoms with van der Waals surface area (Å²) in [4.78, 5) is 0.0672. The molecule has 1 saturated heterocycles. The molecule has 0 spiro atoms. The second-order valence-electron chi connectivity index (χ2n) is 5.78. The Morgan fingerprint density at radius 1 is 1.26 bits per heavy atom. The van der Waals surface area contributed by atoms with Crippen LogP contribution in [0.25, 0.3) is 0 Å². The van der Waals surface area contributed by atoms with Crippen molar-refractivity contribution in [2.75, 3.05) is 26.0 Å². The zero-order chi connectivity index (χ0) is 17.3. The number of piperidine rings is 1. The summed E-state index contributed by atoms with van der Waals surface area (Å²) < 4.78 is 56.2. The van der Waals surface area contributed by atoms with Gasteiger partial charge in [-0.2, -0.15) is 4.31 Å². The third-order valence-electron chi connectivity index (χ3n) is 3.95. The van der Waals surface area contributed by atoms with Crippen molar-refractivity contribution in [1.82, 2.24) is 4.31 Å². The van der Waals surface area contributed by atoms with Gasteiger partial charge >= 0.3 is 0 Å². The summed E-state index contributed by atoms with van der Waals surface area (Å²) in [6.07, 6.45) is 2.53. The van der Waals surface area contributed by atoms with Crippen LogP contribution in [-0.4, -0.2) is 53.2 Å². The summed E-state index contributed by atoms with van der Waals surface area (Å²) in [5.41, 5.74) is 0.538. The van der Waals surface area contributed by atoms with E-state index < -0.39 is 19.9 Å². The van der Waals surface area contributed by atoms with Gasteiger partial charge in [-0.25, -0.2) is 16.8 Å². The molecular formula is C15H23NO5S2. The molecule has 0 saturated carbocycles. The van der Waals surface area contributed by atoms with Gasteiger partial charge in [-0.1, -0.05) is 6.07 Å². The Bertz CT molecular complexity index is 769. The number of sulfone groups is 1. The summed E-state index contributed by atoms with van der Waals surface area (Å²) in [5.74, 6) is 0. The Morgan fingerprint density at radius 2 is 1.96 bits per heavy atom. The average Bonchev–Trinajstić information content (AvgIpc) is 2.47. The number of benzene rings is 1. The molecule has 0 aliphatic carbocycles. The van der Waals surface area contributed by atoms with Crippen LogP contribution in [0.2, 0.25) is 0 Å². The lowest BCUT2D eigenvalue weighted by Crippen LogP contribution is -2.43. The maximum atomic E-state index is 12.9. The molecule has 0 amide bonds. The van der Waals surface area contributed by atoms with E-state index in [2.05, 4.69) is 0 Å². The van der Waals surface area contributed by atoms with Crippen LogP contribution in [0.1, 0.15) is 25.3 Å². The van der Waals surface area contributed by atoms with E-state index in [1.54, 1.807) is 6.92 Å². The monoisotopic (exact) mass is 361 g/mol. The molecule has 0 radical (unpaired) electrons. The number of nitrogens with zero attached hydrogens (tertiary/aromatic N) is 1. The summed E-state index contributed by atoms with van der Waals surface area (Å²) >= 11 is 0. The highest BCUT2D eigenvalue weighted by atomic mass is 32.2. The molecule has 1 heterocycles. The third-order valence-corrected chi connectivity index (χ3v) is 7.07. The van der Waals surface area contributed by atoms with Crippen molar-refractivity contribution < 1.29 is 21.6 Å². The first-order valence-corrected chi connectivity index (χ1v) is 10.9. The highest BCUT2D eigenvalue weighted by Crippen LogP contribution is 2.26. The maximum absolute atomic E-state index is 12.9. The molecule has 1 aliphatic rings. The van der Waals surface area contributed by atoms with Crippen molar-refractivity contribution >= 4 is 19.9 Å². The van der Waals surface area contributed by atoms with Crippen LogP contribution in [0.4, 0.5) is 0 Å². The standard InChI is InChI=1S/C15H23NO5S2/c1-4-21-13-6-5-9-16(11-13)23(19,20)15-10-14(22(3,17)18)8-7-12(15)2/h7-8,10,13H,4-6,9,11H2,1-3H3. The molecule has 130 valence electrons. The Balaban J connectivity index is 2.39. The van der Waals surface area contributed by atoms with Gasteiger partial charge in [0.1, 0.15) is 0 Å². The van der Waals surface area contributed by atoms with Crippen LogP contribution in [0.15, 0.2) is 28.0 Å². The topological polar surface area (TPSA) is 80.8 Å². The predicted molar refractivity (Wildman–Crippen MR) is 87.7 cm³/mol. The second kappa shape index (κ2) is 6.88. The van der Waals surface area contributed by atoms with Gasteiger partial charge in [0, 0.05) is 26.0 Å². The fourth-order valence-corrected chi connectivity index (χ4v) is 5.21. The Hall–Kier alpha value is -0.960. The molecular weight excluding hydrogens is 338 g/mol. The minimum absolute atomic E-state index is 0.0139. The van der Waals surface area contributed by atoms with E-state index in [0.717, 1.165) is 19.1 Å². The fraction of sp³-hybridized carbons (Fsp3) is 0.600. The number of sulfonamides is 1. The van der Waals surface area contributed by atoms with Crippen LogP contribution in [-0.2, 0) is 24.6 Å². The molecule has 0 N–H and O–H groups in total. The third kappa shape index (κ3) is 4.12. The molecule has 1 aromatic rings. The summed E-state index contributed by atoms with van der Waals surface area (Å²) in [6.45, 7) is 4.82. The molecule has 6 nitrogen and oxygen atoms in total. The first-order valence-electron chi connectivity index (χ1n) is 7.58. The van der Waals surface area contributed by atoms with Crippen molar-refractivity contribution in [2.24, 2.45) is 0 Å². The first-order chi connectivity index (χ1) is 10.7. The van der Waals surface area contributed by atoms with Gasteiger partial charge in [-0.3, -0.25) is 0 Å². The van der Waals surface area contributed by atoms with Gasteiger partial charge in [0.25, 0.3) is 0 Å². The fourth-order valence-electron chi connectivity index (χ4n) is 2.72. The van der Waals surface area contributed by atoms with E-state index in [1.165, 1.54) is 22.5 Å². The van der Waals surface area contributed by atoms with Crippen LogP contribution < -0.4 is 0 Å². The smallest absolute Gasteiger partial charge is 0.243 e. The molecule has 23 heavy (non-hydrogen) atoms. The zero-order valence-electron chi connectivity index (χ0n) is 13.6. The van der Waals surface area contributed by atoms with Gasteiger partial charge < -0.3 is 4.74 Å². The van der Waals surface area contributed by atoms with Gasteiger partial charge in [-0.15, -0.1) is 0 Å². The van der Waals surface area contributed by atoms with Crippen LogP contribution in [0.5, 0.6) is 0 Å². The van der Waals surface area contributed by atoms with Crippen LogP contribution in [0, 0.1) is 6.92 Å². The lowest BCUT2D eigenvalue weighted by molar-refractivity contribution is 0.0265. The number of rotatable bonds is 5. The van der Waals surface area contributed by atoms with Crippen molar-refractivity contribution in [2.45, 2.75) is 42.6 Å². The van der Waals surface area contributed by atoms with Crippen LogP contribution >= 0.6 is 0 Å². The van der Waals surface area contributed by atoms with Gasteiger partial charge in [0.15, 0.2) is 9.84 Å². The average molecular weight is 361 g/mol. The summed E-state index contributed by atoms with van der Waals surface area (Å²) in [6, 6.07) is 4.22. The Kier molecular flexibility index (Phi) is 5.50. The normalized spacial score (nSPS) is 20.6. The first kappa shape index (κ1) is 18.4. The highest BCUT2D eigenvalue weighted by Gasteiger charge is 2.32. The molecule has 8 heteroatoms. The van der Waals surface area contributed by atoms with E-state index in [4.69, 9.17) is 4.74 Å². The molecule has 1 unspecified atom stereocenters. The van der Waals surface area contributed by atoms with E-state index in [1.807, 2.05) is 6.92 Å². The highest BCUT2D eigenvalue weighted by molar-refractivity contribution is 7.91. The number of ether oxygens (including phenoxy) is 1. The largest absolute Gasteiger partial charge is 0.377 e. The maximum Gasteiger partial charge on any atom is 0.243 e. The number of hydrogen-bond donors (Lipinski definition) is 0. The molecule has 2 rings (SSSR count). The van der Waals surface area contributed by atoms with Gasteiger partial charge in [0.05, 0.1) is 15.9 Å². The van der Waals surface area contributed by atoms with Crippen molar-refractivity contribution in [3.05, 3.63) is 23.8 Å². The van der Waals surface area contributed by atoms with E-state index >= 15 is 0 Å². The number of hydrogen-bond acceptors (Lipinski definition) is 5. The molecule has 0 aromatic heterocycles. The van der Waals surface area contributed by atoms with Gasteiger partial charge in [0.2, 0.25) is 10.0 Å². The van der Waals surface area contributed by atoms with Crippen molar-refractivity contribution in [3.63, 3.8) is 0 Å². The number of aryl methyl sites for hydroxylation is 1. The molecule has 1 fully saturated rings. The molecule has 1 aromatic carbocycles. The minimum Gasteiger partial charge on any atom is -0.377 e. The SMILES string of the molecule is CCOC1CCCN(S(=O)(=O)c2cc(S(C)(=O)=O)ccc2C)C1. The Labute approximate surface area is 138 Å². The summed E-state index contributed by atoms with van der Waals surface area (Å²) in [7, 11) is -7.20. The van der Waals surface area contributed by atoms with Crippen LogP contribution in [0.3, 0.4) is 0 Å². The second-order valence-corrected chi connectivity index (χ2v) is 9.70. The minimum atomic E-state index is -3.74. The lowest BCUT2D eigenvalue weighted by atomic mass is 10.1.